The minimum absolute atomic E-state index is 0.125. The molecule has 0 amide bonds. The molecule has 2 N–H and O–H groups in total. The van der Waals surface area contributed by atoms with Crippen molar-refractivity contribution in [2.75, 3.05) is 0 Å². The summed E-state index contributed by atoms with van der Waals surface area (Å²) in [7, 11) is 0. The Morgan fingerprint density at radius 3 is 1.71 bits per heavy atom. The highest BCUT2D eigenvalue weighted by molar-refractivity contribution is 4.85. The van der Waals surface area contributed by atoms with Gasteiger partial charge in [-0.05, 0) is 25.2 Å². The SMILES string of the molecule is CCCCCC(N)(CCCCC)CC(C)CC. The van der Waals surface area contributed by atoms with Crippen LogP contribution in [0.3, 0.4) is 0 Å². The zero-order valence-corrected chi connectivity index (χ0v) is 12.7. The van der Waals surface area contributed by atoms with Crippen molar-refractivity contribution in [2.24, 2.45) is 11.7 Å². The Kier molecular flexibility index (Phi) is 9.91. The van der Waals surface area contributed by atoms with Crippen LogP contribution >= 0.6 is 0 Å². The maximum absolute atomic E-state index is 6.66. The topological polar surface area (TPSA) is 26.0 Å². The van der Waals surface area contributed by atoms with E-state index in [0.717, 1.165) is 5.92 Å². The average molecular weight is 241 g/mol. The van der Waals surface area contributed by atoms with Crippen LogP contribution in [0.25, 0.3) is 0 Å². The van der Waals surface area contributed by atoms with Gasteiger partial charge in [-0.2, -0.15) is 0 Å². The van der Waals surface area contributed by atoms with Crippen molar-refractivity contribution in [3.63, 3.8) is 0 Å². The van der Waals surface area contributed by atoms with Gasteiger partial charge in [-0.1, -0.05) is 72.6 Å². The maximum atomic E-state index is 6.66. The van der Waals surface area contributed by atoms with Crippen LogP contribution in [0.5, 0.6) is 0 Å². The standard InChI is InChI=1S/C16H35N/c1-5-8-10-12-16(17,13-11-9-6-2)14-15(4)7-3/h15H,5-14,17H2,1-4H3. The molecule has 0 bridgehead atoms. The normalized spacial score (nSPS) is 13.9. The van der Waals surface area contributed by atoms with Crippen molar-refractivity contribution in [3.05, 3.63) is 0 Å². The third kappa shape index (κ3) is 8.65. The molecular weight excluding hydrogens is 206 g/mol. The monoisotopic (exact) mass is 241 g/mol. The lowest BCUT2D eigenvalue weighted by atomic mass is 9.80. The van der Waals surface area contributed by atoms with Gasteiger partial charge in [-0.3, -0.25) is 0 Å². The maximum Gasteiger partial charge on any atom is 0.0156 e. The van der Waals surface area contributed by atoms with Gasteiger partial charge < -0.3 is 5.73 Å². The van der Waals surface area contributed by atoms with Gasteiger partial charge in [0.25, 0.3) is 0 Å². The van der Waals surface area contributed by atoms with E-state index in [1.165, 1.54) is 64.2 Å². The summed E-state index contributed by atoms with van der Waals surface area (Å²) in [6.07, 6.45) is 12.9. The first-order valence-corrected chi connectivity index (χ1v) is 7.86. The van der Waals surface area contributed by atoms with Gasteiger partial charge in [0, 0.05) is 5.54 Å². The van der Waals surface area contributed by atoms with Crippen molar-refractivity contribution in [1.82, 2.24) is 0 Å². The lowest BCUT2D eigenvalue weighted by molar-refractivity contribution is 0.270. The molecule has 0 aliphatic heterocycles. The van der Waals surface area contributed by atoms with Gasteiger partial charge in [-0.25, -0.2) is 0 Å². The minimum Gasteiger partial charge on any atom is -0.325 e. The highest BCUT2D eigenvalue weighted by Gasteiger charge is 2.25. The number of hydrogen-bond acceptors (Lipinski definition) is 1. The molecule has 0 fully saturated rings. The van der Waals surface area contributed by atoms with Gasteiger partial charge in [0.1, 0.15) is 0 Å². The fourth-order valence-corrected chi connectivity index (χ4v) is 2.62. The highest BCUT2D eigenvalue weighted by Crippen LogP contribution is 2.28. The summed E-state index contributed by atoms with van der Waals surface area (Å²) in [5.41, 5.74) is 6.78. The Morgan fingerprint density at radius 1 is 0.882 bits per heavy atom. The Morgan fingerprint density at radius 2 is 1.35 bits per heavy atom. The predicted molar refractivity (Wildman–Crippen MR) is 79.3 cm³/mol. The van der Waals surface area contributed by atoms with Crippen molar-refractivity contribution < 1.29 is 0 Å². The zero-order chi connectivity index (χ0) is 13.1. The molecule has 0 aromatic rings. The van der Waals surface area contributed by atoms with Crippen LogP contribution in [0.2, 0.25) is 0 Å². The molecule has 0 rings (SSSR count). The summed E-state index contributed by atoms with van der Waals surface area (Å²) >= 11 is 0. The summed E-state index contributed by atoms with van der Waals surface area (Å²) in [5.74, 6) is 0.781. The first-order valence-electron chi connectivity index (χ1n) is 7.86. The molecule has 0 spiro atoms. The Balaban J connectivity index is 4.13. The van der Waals surface area contributed by atoms with Gasteiger partial charge in [0.05, 0.1) is 0 Å². The molecule has 0 saturated carbocycles. The van der Waals surface area contributed by atoms with Gasteiger partial charge in [0.15, 0.2) is 0 Å². The lowest BCUT2D eigenvalue weighted by Crippen LogP contribution is -2.41. The second-order valence-corrected chi connectivity index (χ2v) is 5.99. The Hall–Kier alpha value is -0.0400. The van der Waals surface area contributed by atoms with Crippen LogP contribution < -0.4 is 5.73 Å². The number of hydrogen-bond donors (Lipinski definition) is 1. The second-order valence-electron chi connectivity index (χ2n) is 5.99. The summed E-state index contributed by atoms with van der Waals surface area (Å²) in [6.45, 7) is 9.17. The van der Waals surface area contributed by atoms with E-state index in [-0.39, 0.29) is 5.54 Å². The van der Waals surface area contributed by atoms with Crippen molar-refractivity contribution in [3.8, 4) is 0 Å². The Labute approximate surface area is 110 Å². The molecule has 0 radical (unpaired) electrons. The molecule has 1 heteroatoms. The minimum atomic E-state index is 0.125. The quantitative estimate of drug-likeness (QED) is 0.489. The molecule has 17 heavy (non-hydrogen) atoms. The van der Waals surface area contributed by atoms with E-state index in [1.54, 1.807) is 0 Å². The van der Waals surface area contributed by atoms with Crippen LogP contribution in [0.15, 0.2) is 0 Å². The highest BCUT2D eigenvalue weighted by atomic mass is 14.7. The van der Waals surface area contributed by atoms with E-state index in [4.69, 9.17) is 5.73 Å². The van der Waals surface area contributed by atoms with E-state index < -0.39 is 0 Å². The van der Waals surface area contributed by atoms with Gasteiger partial charge in [-0.15, -0.1) is 0 Å². The number of unbranched alkanes of at least 4 members (excludes halogenated alkanes) is 4. The average Bonchev–Trinajstić information content (AvgIpc) is 2.29. The molecule has 0 aliphatic rings. The molecule has 1 nitrogen and oxygen atoms in total. The van der Waals surface area contributed by atoms with E-state index in [0.29, 0.717) is 0 Å². The third-order valence-corrected chi connectivity index (χ3v) is 4.01. The van der Waals surface area contributed by atoms with Crippen LogP contribution in [-0.2, 0) is 0 Å². The predicted octanol–water partition coefficient (Wildman–Crippen LogP) is 5.28. The van der Waals surface area contributed by atoms with Gasteiger partial charge >= 0.3 is 0 Å². The fraction of sp³-hybridized carbons (Fsp3) is 1.00. The van der Waals surface area contributed by atoms with E-state index >= 15 is 0 Å². The second kappa shape index (κ2) is 9.94. The zero-order valence-electron chi connectivity index (χ0n) is 12.7. The Bertz CT molecular complexity index is 155. The summed E-state index contributed by atoms with van der Waals surface area (Å²) in [4.78, 5) is 0. The molecule has 1 atom stereocenters. The number of nitrogens with two attached hydrogens (primary N) is 1. The van der Waals surface area contributed by atoms with Crippen LogP contribution in [-0.4, -0.2) is 5.54 Å². The van der Waals surface area contributed by atoms with E-state index in [1.807, 2.05) is 0 Å². The van der Waals surface area contributed by atoms with Crippen LogP contribution in [0, 0.1) is 5.92 Å². The van der Waals surface area contributed by atoms with E-state index in [9.17, 15) is 0 Å². The van der Waals surface area contributed by atoms with Crippen LogP contribution in [0.1, 0.15) is 91.9 Å². The summed E-state index contributed by atoms with van der Waals surface area (Å²) < 4.78 is 0. The number of rotatable bonds is 11. The van der Waals surface area contributed by atoms with Crippen molar-refractivity contribution in [1.29, 1.82) is 0 Å². The first-order chi connectivity index (χ1) is 8.08. The summed E-state index contributed by atoms with van der Waals surface area (Å²) in [5, 5.41) is 0. The molecule has 0 aliphatic carbocycles. The largest absolute Gasteiger partial charge is 0.325 e. The lowest BCUT2D eigenvalue weighted by Gasteiger charge is -2.32. The first kappa shape index (κ1) is 17.0. The molecule has 0 heterocycles. The smallest absolute Gasteiger partial charge is 0.0156 e. The molecular formula is C16H35N. The fourth-order valence-electron chi connectivity index (χ4n) is 2.62. The van der Waals surface area contributed by atoms with Gasteiger partial charge in [0.2, 0.25) is 0 Å². The van der Waals surface area contributed by atoms with Crippen molar-refractivity contribution in [2.45, 2.75) is 97.4 Å². The molecule has 1 unspecified atom stereocenters. The molecule has 0 aromatic heterocycles. The van der Waals surface area contributed by atoms with Crippen LogP contribution in [0.4, 0.5) is 0 Å². The molecule has 104 valence electrons. The van der Waals surface area contributed by atoms with Crippen molar-refractivity contribution >= 4 is 0 Å². The summed E-state index contributed by atoms with van der Waals surface area (Å²) in [6, 6.07) is 0. The molecule has 0 saturated heterocycles. The third-order valence-electron chi connectivity index (χ3n) is 4.01. The van der Waals surface area contributed by atoms with E-state index in [2.05, 4.69) is 27.7 Å². The molecule has 0 aromatic carbocycles.